The first-order valence-corrected chi connectivity index (χ1v) is 8.90. The Labute approximate surface area is 163 Å². The summed E-state index contributed by atoms with van der Waals surface area (Å²) in [5.41, 5.74) is 1.43. The molecule has 3 aromatic rings. The van der Waals surface area contributed by atoms with Crippen molar-refractivity contribution in [1.82, 2.24) is 0 Å². The van der Waals surface area contributed by atoms with Crippen LogP contribution in [0.25, 0.3) is 0 Å². The Kier molecular flexibility index (Phi) is 6.37. The molecule has 0 atom stereocenters. The highest BCUT2D eigenvalue weighted by Crippen LogP contribution is 2.26. The predicted octanol–water partition coefficient (Wildman–Crippen LogP) is 4.97. The Morgan fingerprint density at radius 2 is 1.64 bits per heavy atom. The van der Waals surface area contributed by atoms with Gasteiger partial charge in [-0.1, -0.05) is 54.6 Å². The van der Waals surface area contributed by atoms with Crippen LogP contribution < -0.4 is 9.64 Å². The molecule has 0 heterocycles. The minimum Gasteiger partial charge on any atom is -0.488 e. The summed E-state index contributed by atoms with van der Waals surface area (Å²) < 4.78 is 20.2. The largest absolute Gasteiger partial charge is 0.488 e. The number of hydrogen-bond donors (Lipinski definition) is 0. The molecule has 5 heteroatoms. The molecule has 0 unspecified atom stereocenters. The van der Waals surface area contributed by atoms with E-state index in [2.05, 4.69) is 0 Å². The highest BCUT2D eigenvalue weighted by atomic mass is 19.1. The lowest BCUT2D eigenvalue weighted by molar-refractivity contribution is 0.0982. The molecule has 0 aromatic heterocycles. The molecular formula is C23H19FN2O2. The van der Waals surface area contributed by atoms with Gasteiger partial charge in [0.1, 0.15) is 18.2 Å². The zero-order valence-electron chi connectivity index (χ0n) is 15.2. The molecule has 0 N–H and O–H groups in total. The number of rotatable bonds is 7. The lowest BCUT2D eigenvalue weighted by Crippen LogP contribution is -2.33. The lowest BCUT2D eigenvalue weighted by Gasteiger charge is -2.23. The van der Waals surface area contributed by atoms with E-state index >= 15 is 0 Å². The molecule has 0 bridgehead atoms. The Bertz CT molecular complexity index is 983. The maximum atomic E-state index is 14.3. The molecular weight excluding hydrogens is 355 g/mol. The maximum Gasteiger partial charge on any atom is 0.262 e. The standard InChI is InChI=1S/C23H19FN2O2/c24-20-12-5-6-13-21(20)26(16-8-15-25)23(27)19-11-4-7-14-22(19)28-17-18-9-2-1-3-10-18/h1-7,9-14H,8,16-17H2. The van der Waals surface area contributed by atoms with Gasteiger partial charge >= 0.3 is 0 Å². The smallest absolute Gasteiger partial charge is 0.262 e. The third kappa shape index (κ3) is 4.54. The molecule has 3 aromatic carbocycles. The molecule has 0 aliphatic rings. The first-order chi connectivity index (χ1) is 13.7. The van der Waals surface area contributed by atoms with Crippen molar-refractivity contribution in [3.05, 3.63) is 95.8 Å². The van der Waals surface area contributed by atoms with Crippen molar-refractivity contribution in [3.8, 4) is 11.8 Å². The summed E-state index contributed by atoms with van der Waals surface area (Å²) >= 11 is 0. The van der Waals surface area contributed by atoms with E-state index in [0.29, 0.717) is 17.9 Å². The molecule has 4 nitrogen and oxygen atoms in total. The molecule has 28 heavy (non-hydrogen) atoms. The second kappa shape index (κ2) is 9.33. The molecule has 0 saturated heterocycles. The van der Waals surface area contributed by atoms with Gasteiger partial charge in [0.2, 0.25) is 0 Å². The van der Waals surface area contributed by atoms with E-state index in [-0.39, 0.29) is 18.7 Å². The SMILES string of the molecule is N#CCCN(C(=O)c1ccccc1OCc1ccccc1)c1ccccc1F. The summed E-state index contributed by atoms with van der Waals surface area (Å²) in [6.07, 6.45) is 0.0904. The summed E-state index contributed by atoms with van der Waals surface area (Å²) in [4.78, 5) is 14.5. The van der Waals surface area contributed by atoms with Gasteiger partial charge in [-0.25, -0.2) is 4.39 Å². The number of hydrogen-bond acceptors (Lipinski definition) is 3. The Balaban J connectivity index is 1.89. The van der Waals surface area contributed by atoms with E-state index in [1.54, 1.807) is 36.4 Å². The molecule has 0 fully saturated rings. The van der Waals surface area contributed by atoms with Gasteiger partial charge < -0.3 is 9.64 Å². The zero-order valence-corrected chi connectivity index (χ0v) is 15.2. The van der Waals surface area contributed by atoms with Gasteiger partial charge in [0.15, 0.2) is 0 Å². The van der Waals surface area contributed by atoms with Gasteiger partial charge in [-0.2, -0.15) is 5.26 Å². The van der Waals surface area contributed by atoms with Gasteiger partial charge in [0.05, 0.1) is 23.7 Å². The topological polar surface area (TPSA) is 53.3 Å². The lowest BCUT2D eigenvalue weighted by atomic mass is 10.1. The fraction of sp³-hybridized carbons (Fsp3) is 0.130. The van der Waals surface area contributed by atoms with Gasteiger partial charge in [0, 0.05) is 6.54 Å². The third-order valence-electron chi connectivity index (χ3n) is 4.19. The first kappa shape index (κ1) is 19.1. The van der Waals surface area contributed by atoms with Crippen LogP contribution in [0.2, 0.25) is 0 Å². The van der Waals surface area contributed by atoms with Crippen molar-refractivity contribution in [2.75, 3.05) is 11.4 Å². The van der Waals surface area contributed by atoms with Gasteiger partial charge in [-0.15, -0.1) is 0 Å². The van der Waals surface area contributed by atoms with E-state index < -0.39 is 11.7 Å². The number of amides is 1. The Hall–Kier alpha value is -3.65. The quantitative estimate of drug-likeness (QED) is 0.587. The number of carbonyl (C=O) groups is 1. The highest BCUT2D eigenvalue weighted by Gasteiger charge is 2.23. The Morgan fingerprint density at radius 1 is 0.964 bits per heavy atom. The number of benzene rings is 3. The summed E-state index contributed by atoms with van der Waals surface area (Å²) in [7, 11) is 0. The van der Waals surface area contributed by atoms with Crippen LogP contribution in [0.1, 0.15) is 22.3 Å². The third-order valence-corrected chi connectivity index (χ3v) is 4.19. The Morgan fingerprint density at radius 3 is 2.39 bits per heavy atom. The van der Waals surface area contributed by atoms with Crippen LogP contribution in [-0.4, -0.2) is 12.5 Å². The van der Waals surface area contributed by atoms with Crippen molar-refractivity contribution >= 4 is 11.6 Å². The molecule has 140 valence electrons. The summed E-state index contributed by atoms with van der Waals surface area (Å²) in [5, 5.41) is 8.94. The second-order valence-corrected chi connectivity index (χ2v) is 6.09. The average molecular weight is 374 g/mol. The summed E-state index contributed by atoms with van der Waals surface area (Å²) in [6, 6.07) is 24.5. The molecule has 1 amide bonds. The first-order valence-electron chi connectivity index (χ1n) is 8.90. The van der Waals surface area contributed by atoms with Crippen molar-refractivity contribution < 1.29 is 13.9 Å². The number of halogens is 1. The predicted molar refractivity (Wildman–Crippen MR) is 106 cm³/mol. The number of anilines is 1. The molecule has 0 aliphatic carbocycles. The van der Waals surface area contributed by atoms with Crippen LogP contribution in [0.4, 0.5) is 10.1 Å². The van der Waals surface area contributed by atoms with Crippen molar-refractivity contribution in [2.24, 2.45) is 0 Å². The van der Waals surface area contributed by atoms with Gasteiger partial charge in [-0.05, 0) is 29.8 Å². The summed E-state index contributed by atoms with van der Waals surface area (Å²) in [6.45, 7) is 0.395. The number of para-hydroxylation sites is 2. The summed E-state index contributed by atoms with van der Waals surface area (Å²) in [5.74, 6) is -0.518. The van der Waals surface area contributed by atoms with Crippen LogP contribution in [-0.2, 0) is 6.61 Å². The monoisotopic (exact) mass is 374 g/mol. The van der Waals surface area contributed by atoms with Crippen LogP contribution in [0.15, 0.2) is 78.9 Å². The number of nitriles is 1. The highest BCUT2D eigenvalue weighted by molar-refractivity contribution is 6.08. The number of ether oxygens (including phenoxy) is 1. The second-order valence-electron chi connectivity index (χ2n) is 6.09. The fourth-order valence-electron chi connectivity index (χ4n) is 2.81. The fourth-order valence-corrected chi connectivity index (χ4v) is 2.81. The zero-order chi connectivity index (χ0) is 19.8. The maximum absolute atomic E-state index is 14.3. The van der Waals surface area contributed by atoms with Crippen molar-refractivity contribution in [2.45, 2.75) is 13.0 Å². The van der Waals surface area contributed by atoms with Gasteiger partial charge in [-0.3, -0.25) is 4.79 Å². The van der Waals surface area contributed by atoms with E-state index in [4.69, 9.17) is 10.00 Å². The van der Waals surface area contributed by atoms with Crippen molar-refractivity contribution in [1.29, 1.82) is 5.26 Å². The van der Waals surface area contributed by atoms with E-state index in [9.17, 15) is 9.18 Å². The number of nitrogens with zero attached hydrogens (tertiary/aromatic N) is 2. The van der Waals surface area contributed by atoms with E-state index in [1.165, 1.54) is 17.0 Å². The number of carbonyl (C=O) groups excluding carboxylic acids is 1. The van der Waals surface area contributed by atoms with Crippen molar-refractivity contribution in [3.63, 3.8) is 0 Å². The van der Waals surface area contributed by atoms with Crippen LogP contribution in [0, 0.1) is 17.1 Å². The normalized spacial score (nSPS) is 10.1. The molecule has 0 spiro atoms. The minimum atomic E-state index is -0.517. The van der Waals surface area contributed by atoms with E-state index in [1.807, 2.05) is 36.4 Å². The minimum absolute atomic E-state index is 0.0866. The van der Waals surface area contributed by atoms with Crippen LogP contribution in [0.3, 0.4) is 0 Å². The van der Waals surface area contributed by atoms with Crippen LogP contribution in [0.5, 0.6) is 5.75 Å². The molecule has 3 rings (SSSR count). The van der Waals surface area contributed by atoms with Gasteiger partial charge in [0.25, 0.3) is 5.91 Å². The van der Waals surface area contributed by atoms with Crippen LogP contribution >= 0.6 is 0 Å². The molecule has 0 aliphatic heterocycles. The molecule has 0 saturated carbocycles. The average Bonchev–Trinajstić information content (AvgIpc) is 2.74. The van der Waals surface area contributed by atoms with E-state index in [0.717, 1.165) is 5.56 Å². The molecule has 0 radical (unpaired) electrons.